The summed E-state index contributed by atoms with van der Waals surface area (Å²) in [6, 6.07) is 26.9. The molecule has 0 atom stereocenters. The van der Waals surface area contributed by atoms with Crippen molar-refractivity contribution in [1.29, 1.82) is 0 Å². The Labute approximate surface area is 242 Å². The van der Waals surface area contributed by atoms with Crippen LogP contribution >= 0.6 is 0 Å². The molecule has 210 valence electrons. The molecule has 5 rings (SSSR count). The Morgan fingerprint density at radius 3 is 1.37 bits per heavy atom. The third-order valence-electron chi connectivity index (χ3n) is 7.73. The van der Waals surface area contributed by atoms with E-state index in [1.54, 1.807) is 0 Å². The first-order valence-electron chi connectivity index (χ1n) is 14.4. The third-order valence-corrected chi connectivity index (χ3v) is 7.73. The molecule has 1 aliphatic heterocycles. The predicted molar refractivity (Wildman–Crippen MR) is 164 cm³/mol. The number of ether oxygens (including phenoxy) is 2. The first-order valence-corrected chi connectivity index (χ1v) is 14.4. The molecule has 0 bridgehead atoms. The van der Waals surface area contributed by atoms with E-state index in [2.05, 4.69) is 39.8 Å². The van der Waals surface area contributed by atoms with Crippen LogP contribution in [0.3, 0.4) is 0 Å². The summed E-state index contributed by atoms with van der Waals surface area (Å²) in [5.41, 5.74) is 7.29. The van der Waals surface area contributed by atoms with Gasteiger partial charge < -0.3 is 9.47 Å². The monoisotopic (exact) mass is 548 g/mol. The van der Waals surface area contributed by atoms with E-state index in [0.29, 0.717) is 22.9 Å². The molecule has 4 aromatic rings. The van der Waals surface area contributed by atoms with E-state index < -0.39 is 12.2 Å². The van der Waals surface area contributed by atoms with Gasteiger partial charge in [-0.25, -0.2) is 9.59 Å². The zero-order chi connectivity index (χ0) is 28.9. The van der Waals surface area contributed by atoms with Gasteiger partial charge in [0, 0.05) is 11.1 Å². The number of aryl methyl sites for hydroxylation is 2. The maximum atomic E-state index is 13.9. The average molecular weight is 549 g/mol. The fourth-order valence-corrected chi connectivity index (χ4v) is 5.66. The van der Waals surface area contributed by atoms with Crippen molar-refractivity contribution < 1.29 is 19.1 Å². The van der Waals surface area contributed by atoms with Gasteiger partial charge in [-0.2, -0.15) is 0 Å². The van der Waals surface area contributed by atoms with Gasteiger partial charge >= 0.3 is 12.2 Å². The summed E-state index contributed by atoms with van der Waals surface area (Å²) in [6.45, 7) is 8.21. The number of hydrogen-bond acceptors (Lipinski definition) is 4. The molecule has 0 saturated carbocycles. The smallest absolute Gasteiger partial charge is 0.410 e. The highest BCUT2D eigenvalue weighted by atomic mass is 16.6. The Balaban J connectivity index is 1.56. The number of hydrogen-bond donors (Lipinski definition) is 0. The molecule has 6 heteroatoms. The van der Waals surface area contributed by atoms with Crippen LogP contribution in [0.15, 0.2) is 84.9 Å². The quantitative estimate of drug-likeness (QED) is 0.242. The Morgan fingerprint density at radius 2 is 0.976 bits per heavy atom. The second-order valence-electron chi connectivity index (χ2n) is 9.97. The second kappa shape index (κ2) is 12.3. The van der Waals surface area contributed by atoms with Gasteiger partial charge in [0.15, 0.2) is 0 Å². The van der Waals surface area contributed by atoms with Crippen molar-refractivity contribution in [1.82, 2.24) is 0 Å². The fraction of sp³-hybridized carbons (Fsp3) is 0.257. The topological polar surface area (TPSA) is 59.1 Å². The van der Waals surface area contributed by atoms with E-state index in [0.717, 1.165) is 59.1 Å². The van der Waals surface area contributed by atoms with Crippen molar-refractivity contribution in [3.05, 3.63) is 107 Å². The standard InChI is InChI=1S/C35H36N2O4/c1-5-24-15-13-21-32(26(24)7-3)40-34(38)36-23-37(35(39)41-33-22-14-16-25(6-2)27(33)8-4)31-20-12-10-18-29(31)28-17-9-11-19-30(28)36/h9-22H,5-8,23H2,1-4H3. The molecule has 0 fully saturated rings. The maximum absolute atomic E-state index is 13.9. The van der Waals surface area contributed by atoms with Gasteiger partial charge in [-0.05, 0) is 72.2 Å². The first kappa shape index (κ1) is 28.0. The number of carbonyl (C=O) groups is 2. The molecule has 0 radical (unpaired) electrons. The van der Waals surface area contributed by atoms with E-state index in [4.69, 9.17) is 9.47 Å². The molecule has 6 nitrogen and oxygen atoms in total. The SMILES string of the molecule is CCc1cccc(OC(=O)N2CN(C(=O)Oc3cccc(CC)c3CC)c3ccccc3-c3ccccc32)c1CC. The lowest BCUT2D eigenvalue weighted by Crippen LogP contribution is -2.46. The number of para-hydroxylation sites is 2. The predicted octanol–water partition coefficient (Wildman–Crippen LogP) is 8.59. The highest BCUT2D eigenvalue weighted by Crippen LogP contribution is 2.41. The zero-order valence-corrected chi connectivity index (χ0v) is 24.1. The molecule has 2 amide bonds. The van der Waals surface area contributed by atoms with Crippen LogP contribution in [0, 0.1) is 0 Å². The van der Waals surface area contributed by atoms with Crippen LogP contribution in [-0.4, -0.2) is 18.9 Å². The Hall–Kier alpha value is -4.58. The fourth-order valence-electron chi connectivity index (χ4n) is 5.66. The van der Waals surface area contributed by atoms with E-state index in [9.17, 15) is 9.59 Å². The molecule has 0 saturated heterocycles. The maximum Gasteiger partial charge on any atom is 0.421 e. The van der Waals surface area contributed by atoms with Gasteiger partial charge in [0.05, 0.1) is 11.4 Å². The van der Waals surface area contributed by atoms with Crippen LogP contribution in [0.1, 0.15) is 49.9 Å². The van der Waals surface area contributed by atoms with Crippen LogP contribution in [0.4, 0.5) is 21.0 Å². The van der Waals surface area contributed by atoms with Crippen LogP contribution in [-0.2, 0) is 25.7 Å². The first-order chi connectivity index (χ1) is 20.0. The minimum Gasteiger partial charge on any atom is -0.410 e. The summed E-state index contributed by atoms with van der Waals surface area (Å²) in [5.74, 6) is 1.07. The normalized spacial score (nSPS) is 12.3. The lowest BCUT2D eigenvalue weighted by Gasteiger charge is -2.28. The molecular weight excluding hydrogens is 512 g/mol. The van der Waals surface area contributed by atoms with Gasteiger partial charge in [0.25, 0.3) is 0 Å². The summed E-state index contributed by atoms with van der Waals surface area (Å²) >= 11 is 0. The minimum absolute atomic E-state index is 0.0739. The second-order valence-corrected chi connectivity index (χ2v) is 9.97. The van der Waals surface area contributed by atoms with Gasteiger partial charge in [-0.1, -0.05) is 88.4 Å². The number of anilines is 2. The summed E-state index contributed by atoms with van der Waals surface area (Å²) in [7, 11) is 0. The molecule has 0 spiro atoms. The van der Waals surface area contributed by atoms with Gasteiger partial charge in [-0.3, -0.25) is 9.80 Å². The summed E-state index contributed by atoms with van der Waals surface area (Å²) in [5, 5.41) is 0. The molecule has 1 aliphatic rings. The molecule has 0 aliphatic carbocycles. The van der Waals surface area contributed by atoms with E-state index in [1.165, 1.54) is 9.80 Å². The molecule has 0 unspecified atom stereocenters. The molecular formula is C35H36N2O4. The number of amides is 2. The van der Waals surface area contributed by atoms with Crippen molar-refractivity contribution in [2.45, 2.75) is 53.4 Å². The highest BCUT2D eigenvalue weighted by molar-refractivity contribution is 6.04. The lowest BCUT2D eigenvalue weighted by molar-refractivity contribution is 0.202. The Bertz CT molecular complexity index is 1460. The van der Waals surface area contributed by atoms with Crippen molar-refractivity contribution in [3.8, 4) is 22.6 Å². The van der Waals surface area contributed by atoms with E-state index in [-0.39, 0.29) is 6.67 Å². The van der Waals surface area contributed by atoms with Gasteiger partial charge in [0.2, 0.25) is 0 Å². The largest absolute Gasteiger partial charge is 0.421 e. The number of carbonyl (C=O) groups excluding carboxylic acids is 2. The number of fused-ring (bicyclic) bond motifs is 3. The highest BCUT2D eigenvalue weighted by Gasteiger charge is 2.33. The summed E-state index contributed by atoms with van der Waals surface area (Å²) < 4.78 is 12.1. The minimum atomic E-state index is -0.562. The lowest BCUT2D eigenvalue weighted by atomic mass is 10.0. The Kier molecular flexibility index (Phi) is 8.39. The van der Waals surface area contributed by atoms with Crippen molar-refractivity contribution in [2.75, 3.05) is 16.5 Å². The van der Waals surface area contributed by atoms with Crippen LogP contribution < -0.4 is 19.3 Å². The van der Waals surface area contributed by atoms with E-state index in [1.807, 2.05) is 72.8 Å². The van der Waals surface area contributed by atoms with Crippen LogP contribution in [0.5, 0.6) is 11.5 Å². The Morgan fingerprint density at radius 1 is 0.561 bits per heavy atom. The summed E-state index contributed by atoms with van der Waals surface area (Å²) in [4.78, 5) is 30.9. The van der Waals surface area contributed by atoms with Crippen molar-refractivity contribution >= 4 is 23.6 Å². The number of rotatable bonds is 6. The molecule has 4 aromatic carbocycles. The molecule has 0 N–H and O–H groups in total. The van der Waals surface area contributed by atoms with E-state index >= 15 is 0 Å². The number of nitrogens with zero attached hydrogens (tertiary/aromatic N) is 2. The summed E-state index contributed by atoms with van der Waals surface area (Å²) in [6.07, 6.45) is 2.04. The van der Waals surface area contributed by atoms with Gasteiger partial charge in [-0.15, -0.1) is 0 Å². The molecule has 0 aromatic heterocycles. The van der Waals surface area contributed by atoms with Crippen LogP contribution in [0.25, 0.3) is 11.1 Å². The number of benzene rings is 4. The average Bonchev–Trinajstić information content (AvgIpc) is 3.16. The zero-order valence-electron chi connectivity index (χ0n) is 24.1. The van der Waals surface area contributed by atoms with Crippen molar-refractivity contribution in [3.63, 3.8) is 0 Å². The molecule has 41 heavy (non-hydrogen) atoms. The van der Waals surface area contributed by atoms with Gasteiger partial charge in [0.1, 0.15) is 18.2 Å². The van der Waals surface area contributed by atoms with Crippen molar-refractivity contribution in [2.24, 2.45) is 0 Å². The third kappa shape index (κ3) is 5.42. The molecule has 1 heterocycles. The van der Waals surface area contributed by atoms with Crippen LogP contribution in [0.2, 0.25) is 0 Å².